The summed E-state index contributed by atoms with van der Waals surface area (Å²) in [5.74, 6) is -1.20. The van der Waals surface area contributed by atoms with Gasteiger partial charge in [0.15, 0.2) is 0 Å². The average molecular weight is 290 g/mol. The van der Waals surface area contributed by atoms with Crippen molar-refractivity contribution in [2.75, 3.05) is 31.2 Å². The van der Waals surface area contributed by atoms with Crippen molar-refractivity contribution in [1.82, 2.24) is 5.32 Å². The van der Waals surface area contributed by atoms with E-state index in [0.29, 0.717) is 30.3 Å². The van der Waals surface area contributed by atoms with Gasteiger partial charge in [0.05, 0.1) is 6.61 Å². The molecule has 2 amide bonds. The number of para-hydroxylation sites is 1. The smallest absolute Gasteiger partial charge is 0.321 e. The summed E-state index contributed by atoms with van der Waals surface area (Å²) in [6, 6.07) is 6.93. The molecule has 1 aromatic carbocycles. The van der Waals surface area contributed by atoms with Gasteiger partial charge in [-0.2, -0.15) is 0 Å². The van der Waals surface area contributed by atoms with E-state index in [1.807, 2.05) is 6.07 Å². The maximum absolute atomic E-state index is 12.3. The van der Waals surface area contributed by atoms with E-state index in [-0.39, 0.29) is 12.6 Å². The van der Waals surface area contributed by atoms with E-state index in [1.165, 1.54) is 4.90 Å². The van der Waals surface area contributed by atoms with Crippen LogP contribution in [0.4, 0.5) is 10.5 Å². The maximum atomic E-state index is 12.3. The number of nitrogens with zero attached hydrogens (tertiary/aromatic N) is 1. The molecule has 0 radical (unpaired) electrons. The Morgan fingerprint density at radius 1 is 1.38 bits per heavy atom. The molecule has 0 spiro atoms. The van der Waals surface area contributed by atoms with Gasteiger partial charge >= 0.3 is 12.0 Å². The summed E-state index contributed by atoms with van der Waals surface area (Å²) in [6.45, 7) is 2.17. The van der Waals surface area contributed by atoms with Crippen LogP contribution < -0.4 is 10.2 Å². The molecule has 6 nitrogen and oxygen atoms in total. The summed E-state index contributed by atoms with van der Waals surface area (Å²) in [4.78, 5) is 25.2. The second-order valence-corrected chi connectivity index (χ2v) is 5.48. The molecule has 2 aliphatic heterocycles. The second-order valence-electron chi connectivity index (χ2n) is 5.48. The standard InChI is InChI=1S/C15H18N2O4/c18-14(19)12-8-17(13-4-2-1-3-11(12)13)15(20)16-7-10-5-6-21-9-10/h1-4,10,12H,5-9H2,(H,16,20)(H,18,19). The predicted molar refractivity (Wildman–Crippen MR) is 76.5 cm³/mol. The molecular weight excluding hydrogens is 272 g/mol. The largest absolute Gasteiger partial charge is 0.481 e. The summed E-state index contributed by atoms with van der Waals surface area (Å²) in [5.41, 5.74) is 1.38. The van der Waals surface area contributed by atoms with Crippen molar-refractivity contribution < 1.29 is 19.4 Å². The van der Waals surface area contributed by atoms with E-state index in [9.17, 15) is 14.7 Å². The van der Waals surface area contributed by atoms with E-state index >= 15 is 0 Å². The highest BCUT2D eigenvalue weighted by atomic mass is 16.5. The number of benzene rings is 1. The first kappa shape index (κ1) is 13.9. The van der Waals surface area contributed by atoms with E-state index in [1.54, 1.807) is 18.2 Å². The summed E-state index contributed by atoms with van der Waals surface area (Å²) in [7, 11) is 0. The minimum atomic E-state index is -0.901. The Balaban J connectivity index is 1.70. The Labute approximate surface area is 122 Å². The zero-order chi connectivity index (χ0) is 14.8. The lowest BCUT2D eigenvalue weighted by atomic mass is 10.0. The van der Waals surface area contributed by atoms with Gasteiger partial charge in [0.25, 0.3) is 0 Å². The number of aliphatic carboxylic acids is 1. The van der Waals surface area contributed by atoms with Crippen molar-refractivity contribution in [1.29, 1.82) is 0 Å². The molecule has 6 heteroatoms. The number of carboxylic acids is 1. The number of anilines is 1. The summed E-state index contributed by atoms with van der Waals surface area (Å²) in [5, 5.41) is 12.2. The van der Waals surface area contributed by atoms with Gasteiger partial charge in [-0.25, -0.2) is 4.79 Å². The number of carboxylic acid groups (broad SMARTS) is 1. The molecule has 1 aromatic rings. The summed E-state index contributed by atoms with van der Waals surface area (Å²) < 4.78 is 5.28. The molecule has 112 valence electrons. The maximum Gasteiger partial charge on any atom is 0.321 e. The molecule has 2 unspecified atom stereocenters. The molecule has 0 aliphatic carbocycles. The van der Waals surface area contributed by atoms with E-state index in [4.69, 9.17) is 4.74 Å². The highest BCUT2D eigenvalue weighted by Crippen LogP contribution is 2.36. The van der Waals surface area contributed by atoms with Gasteiger partial charge in [0.1, 0.15) is 5.92 Å². The molecule has 1 saturated heterocycles. The predicted octanol–water partition coefficient (Wildman–Crippen LogP) is 1.42. The van der Waals surface area contributed by atoms with Crippen molar-refractivity contribution in [2.24, 2.45) is 5.92 Å². The number of ether oxygens (including phenoxy) is 1. The van der Waals surface area contributed by atoms with Crippen LogP contribution in [0, 0.1) is 5.92 Å². The number of hydrogen-bond donors (Lipinski definition) is 2. The monoisotopic (exact) mass is 290 g/mol. The number of carbonyl (C=O) groups excluding carboxylic acids is 1. The lowest BCUT2D eigenvalue weighted by Crippen LogP contribution is -2.42. The summed E-state index contributed by atoms with van der Waals surface area (Å²) >= 11 is 0. The number of carbonyl (C=O) groups is 2. The zero-order valence-electron chi connectivity index (χ0n) is 11.6. The third-order valence-corrected chi connectivity index (χ3v) is 4.08. The van der Waals surface area contributed by atoms with Crippen LogP contribution in [-0.2, 0) is 9.53 Å². The topological polar surface area (TPSA) is 78.9 Å². The van der Waals surface area contributed by atoms with Gasteiger partial charge < -0.3 is 15.2 Å². The molecule has 2 aliphatic rings. The van der Waals surface area contributed by atoms with Gasteiger partial charge in [0.2, 0.25) is 0 Å². The average Bonchev–Trinajstić information content (AvgIpc) is 3.12. The van der Waals surface area contributed by atoms with Crippen LogP contribution >= 0.6 is 0 Å². The van der Waals surface area contributed by atoms with E-state index in [0.717, 1.165) is 13.0 Å². The van der Waals surface area contributed by atoms with Crippen LogP contribution in [0.1, 0.15) is 17.9 Å². The number of nitrogens with one attached hydrogen (secondary N) is 1. The number of amides is 2. The lowest BCUT2D eigenvalue weighted by Gasteiger charge is -2.19. The quantitative estimate of drug-likeness (QED) is 0.882. The number of hydrogen-bond acceptors (Lipinski definition) is 3. The number of fused-ring (bicyclic) bond motifs is 1. The van der Waals surface area contributed by atoms with Crippen molar-refractivity contribution in [3.8, 4) is 0 Å². The van der Waals surface area contributed by atoms with Crippen LogP contribution in [0.15, 0.2) is 24.3 Å². The molecule has 0 saturated carbocycles. The van der Waals surface area contributed by atoms with Gasteiger partial charge in [0, 0.05) is 31.3 Å². The Hall–Kier alpha value is -2.08. The van der Waals surface area contributed by atoms with E-state index in [2.05, 4.69) is 5.32 Å². The SMILES string of the molecule is O=C(O)C1CN(C(=O)NCC2CCOC2)c2ccccc21. The van der Waals surface area contributed by atoms with E-state index < -0.39 is 11.9 Å². The molecule has 1 fully saturated rings. The fourth-order valence-electron chi connectivity index (χ4n) is 2.88. The first-order valence-electron chi connectivity index (χ1n) is 7.11. The molecule has 2 heterocycles. The molecule has 0 bridgehead atoms. The first-order chi connectivity index (χ1) is 10.2. The van der Waals surface area contributed by atoms with Crippen molar-refractivity contribution in [2.45, 2.75) is 12.3 Å². The third kappa shape index (κ3) is 2.71. The number of rotatable bonds is 3. The van der Waals surface area contributed by atoms with Gasteiger partial charge in [-0.05, 0) is 18.1 Å². The fourth-order valence-corrected chi connectivity index (χ4v) is 2.88. The molecule has 0 aromatic heterocycles. The van der Waals surface area contributed by atoms with Crippen molar-refractivity contribution >= 4 is 17.7 Å². The molecular formula is C15H18N2O4. The highest BCUT2D eigenvalue weighted by molar-refractivity contribution is 5.98. The number of urea groups is 1. The van der Waals surface area contributed by atoms with Crippen LogP contribution in [0.5, 0.6) is 0 Å². The van der Waals surface area contributed by atoms with Gasteiger partial charge in [-0.15, -0.1) is 0 Å². The molecule has 21 heavy (non-hydrogen) atoms. The van der Waals surface area contributed by atoms with Crippen LogP contribution in [0.25, 0.3) is 0 Å². The van der Waals surface area contributed by atoms with Crippen LogP contribution in [-0.4, -0.2) is 43.4 Å². The minimum Gasteiger partial charge on any atom is -0.481 e. The van der Waals surface area contributed by atoms with Crippen molar-refractivity contribution in [3.05, 3.63) is 29.8 Å². The van der Waals surface area contributed by atoms with Gasteiger partial charge in [-0.3, -0.25) is 9.69 Å². The fraction of sp³-hybridized carbons (Fsp3) is 0.467. The molecule has 2 atom stereocenters. The Morgan fingerprint density at radius 3 is 2.90 bits per heavy atom. The Kier molecular flexibility index (Phi) is 3.79. The van der Waals surface area contributed by atoms with Crippen LogP contribution in [0.2, 0.25) is 0 Å². The second kappa shape index (κ2) is 5.73. The van der Waals surface area contributed by atoms with Crippen molar-refractivity contribution in [3.63, 3.8) is 0 Å². The first-order valence-corrected chi connectivity index (χ1v) is 7.11. The normalized spacial score (nSPS) is 23.9. The lowest BCUT2D eigenvalue weighted by molar-refractivity contribution is -0.138. The highest BCUT2D eigenvalue weighted by Gasteiger charge is 2.36. The third-order valence-electron chi connectivity index (χ3n) is 4.08. The van der Waals surface area contributed by atoms with Crippen LogP contribution in [0.3, 0.4) is 0 Å². The minimum absolute atomic E-state index is 0.182. The molecule has 2 N–H and O–H groups in total. The summed E-state index contributed by atoms with van der Waals surface area (Å²) in [6.07, 6.45) is 0.953. The van der Waals surface area contributed by atoms with Gasteiger partial charge in [-0.1, -0.05) is 18.2 Å². The molecule has 3 rings (SSSR count). The zero-order valence-corrected chi connectivity index (χ0v) is 11.6. The Bertz CT molecular complexity index is 554. The Morgan fingerprint density at radius 2 is 2.19 bits per heavy atom.